The van der Waals surface area contributed by atoms with Crippen LogP contribution in [-0.2, 0) is 11.3 Å². The maximum absolute atomic E-state index is 12.7. The second-order valence-electron chi connectivity index (χ2n) is 7.12. The van der Waals surface area contributed by atoms with Crippen molar-refractivity contribution in [3.8, 4) is 0 Å². The minimum Gasteiger partial charge on any atom is -0.389 e. The van der Waals surface area contributed by atoms with Gasteiger partial charge in [-0.3, -0.25) is 4.79 Å². The van der Waals surface area contributed by atoms with Gasteiger partial charge in [-0.2, -0.15) is 0 Å². The predicted molar refractivity (Wildman–Crippen MR) is 86.9 cm³/mol. The molecule has 1 unspecified atom stereocenters. The molecule has 2 fully saturated rings. The minimum atomic E-state index is -0.772. The number of piperidine rings is 1. The van der Waals surface area contributed by atoms with Crippen LogP contribution in [0.3, 0.4) is 0 Å². The van der Waals surface area contributed by atoms with Crippen molar-refractivity contribution in [2.24, 2.45) is 0 Å². The smallest absolute Gasteiger partial charge is 0.225 e. The number of aliphatic hydroxyl groups is 1. The predicted octanol–water partition coefficient (Wildman–Crippen LogP) is 2.09. The monoisotopic (exact) mass is 320 g/mol. The summed E-state index contributed by atoms with van der Waals surface area (Å²) in [7, 11) is 0. The first-order valence-electron chi connectivity index (χ1n) is 8.99. The number of amides is 1. The van der Waals surface area contributed by atoms with E-state index in [0.29, 0.717) is 6.54 Å². The molecule has 23 heavy (non-hydrogen) atoms. The summed E-state index contributed by atoms with van der Waals surface area (Å²) in [4.78, 5) is 14.6. The highest BCUT2D eigenvalue weighted by molar-refractivity contribution is 5.77. The lowest BCUT2D eigenvalue weighted by Gasteiger charge is -2.36. The van der Waals surface area contributed by atoms with Crippen LogP contribution >= 0.6 is 0 Å². The minimum absolute atomic E-state index is 0.0988. The largest absolute Gasteiger partial charge is 0.389 e. The van der Waals surface area contributed by atoms with Crippen molar-refractivity contribution in [1.82, 2.24) is 19.7 Å². The molecule has 1 aliphatic heterocycles. The highest BCUT2D eigenvalue weighted by atomic mass is 16.3. The summed E-state index contributed by atoms with van der Waals surface area (Å²) < 4.78 is 2.06. The van der Waals surface area contributed by atoms with Gasteiger partial charge in [-0.25, -0.2) is 0 Å². The Hall–Kier alpha value is -1.43. The molecule has 1 atom stereocenters. The summed E-state index contributed by atoms with van der Waals surface area (Å²) >= 11 is 0. The summed E-state index contributed by atoms with van der Waals surface area (Å²) in [5.74, 6) is 1.35. The molecule has 2 aliphatic rings. The molecule has 1 saturated heterocycles. The standard InChI is InChI=1S/C17H28N4O2/c1-2-20-13-18-19-16(20)14-7-6-10-21(12-14)15(22)11-17(23)8-4-3-5-9-17/h13-14,23H,2-12H2,1H3. The Balaban J connectivity index is 1.62. The summed E-state index contributed by atoms with van der Waals surface area (Å²) in [6.07, 6.45) is 8.85. The number of carbonyl (C=O) groups excluding carboxylic acids is 1. The molecular formula is C17H28N4O2. The van der Waals surface area contributed by atoms with Crippen LogP contribution in [-0.4, -0.2) is 49.4 Å². The number of nitrogens with zero attached hydrogens (tertiary/aromatic N) is 4. The molecule has 0 spiro atoms. The quantitative estimate of drug-likeness (QED) is 0.922. The summed E-state index contributed by atoms with van der Waals surface area (Å²) in [6, 6.07) is 0. The molecule has 0 bridgehead atoms. The fourth-order valence-electron chi connectivity index (χ4n) is 4.02. The van der Waals surface area contributed by atoms with E-state index in [1.54, 1.807) is 6.33 Å². The SMILES string of the molecule is CCn1cnnc1C1CCCN(C(=O)CC2(O)CCCCC2)C1. The third kappa shape index (κ3) is 3.74. The van der Waals surface area contributed by atoms with Crippen LogP contribution in [0, 0.1) is 0 Å². The van der Waals surface area contributed by atoms with E-state index in [1.807, 2.05) is 4.90 Å². The zero-order chi connectivity index (χ0) is 16.3. The van der Waals surface area contributed by atoms with Gasteiger partial charge in [-0.15, -0.1) is 10.2 Å². The van der Waals surface area contributed by atoms with Crippen LogP contribution < -0.4 is 0 Å². The van der Waals surface area contributed by atoms with Gasteiger partial charge in [0.15, 0.2) is 0 Å². The number of aromatic nitrogens is 3. The Morgan fingerprint density at radius 1 is 1.35 bits per heavy atom. The molecule has 0 aromatic carbocycles. The Morgan fingerprint density at radius 2 is 2.13 bits per heavy atom. The van der Waals surface area contributed by atoms with Crippen molar-refractivity contribution in [2.75, 3.05) is 13.1 Å². The highest BCUT2D eigenvalue weighted by Crippen LogP contribution is 2.32. The lowest BCUT2D eigenvalue weighted by atomic mass is 9.82. The second-order valence-corrected chi connectivity index (χ2v) is 7.12. The maximum Gasteiger partial charge on any atom is 0.225 e. The van der Waals surface area contributed by atoms with E-state index in [0.717, 1.165) is 57.4 Å². The van der Waals surface area contributed by atoms with Gasteiger partial charge in [0.05, 0.1) is 12.0 Å². The van der Waals surface area contributed by atoms with E-state index in [9.17, 15) is 9.90 Å². The maximum atomic E-state index is 12.7. The average molecular weight is 320 g/mol. The summed E-state index contributed by atoms with van der Waals surface area (Å²) in [6.45, 7) is 4.43. The third-order valence-corrected chi connectivity index (χ3v) is 5.39. The number of hydrogen-bond acceptors (Lipinski definition) is 4. The number of aryl methyl sites for hydroxylation is 1. The zero-order valence-electron chi connectivity index (χ0n) is 14.1. The van der Waals surface area contributed by atoms with Crippen LogP contribution in [0.5, 0.6) is 0 Å². The Labute approximate surface area is 137 Å². The van der Waals surface area contributed by atoms with Gasteiger partial charge in [0, 0.05) is 25.6 Å². The number of rotatable bonds is 4. The van der Waals surface area contributed by atoms with Crippen molar-refractivity contribution in [1.29, 1.82) is 0 Å². The van der Waals surface area contributed by atoms with Gasteiger partial charge in [0.2, 0.25) is 5.91 Å². The van der Waals surface area contributed by atoms with E-state index < -0.39 is 5.60 Å². The summed E-state index contributed by atoms with van der Waals surface area (Å²) in [5.41, 5.74) is -0.772. The van der Waals surface area contributed by atoms with Crippen molar-refractivity contribution in [3.63, 3.8) is 0 Å². The molecule has 1 aromatic rings. The highest BCUT2D eigenvalue weighted by Gasteiger charge is 2.35. The molecule has 1 N–H and O–H groups in total. The molecule has 128 valence electrons. The number of likely N-dealkylation sites (tertiary alicyclic amines) is 1. The summed E-state index contributed by atoms with van der Waals surface area (Å²) in [5, 5.41) is 18.9. The van der Waals surface area contributed by atoms with Crippen molar-refractivity contribution in [2.45, 2.75) is 76.4 Å². The van der Waals surface area contributed by atoms with Crippen molar-refractivity contribution >= 4 is 5.91 Å². The van der Waals surface area contributed by atoms with Gasteiger partial charge in [-0.05, 0) is 32.6 Å². The van der Waals surface area contributed by atoms with E-state index in [2.05, 4.69) is 21.7 Å². The van der Waals surface area contributed by atoms with Gasteiger partial charge in [0.25, 0.3) is 0 Å². The Morgan fingerprint density at radius 3 is 2.87 bits per heavy atom. The topological polar surface area (TPSA) is 71.2 Å². The van der Waals surface area contributed by atoms with Crippen LogP contribution in [0.2, 0.25) is 0 Å². The van der Waals surface area contributed by atoms with Gasteiger partial charge >= 0.3 is 0 Å². The van der Waals surface area contributed by atoms with Crippen molar-refractivity contribution < 1.29 is 9.90 Å². The number of hydrogen-bond donors (Lipinski definition) is 1. The fraction of sp³-hybridized carbons (Fsp3) is 0.824. The lowest BCUT2D eigenvalue weighted by molar-refractivity contribution is -0.139. The Kier molecular flexibility index (Phi) is 4.99. The molecule has 6 nitrogen and oxygen atoms in total. The van der Waals surface area contributed by atoms with E-state index in [1.165, 1.54) is 6.42 Å². The average Bonchev–Trinajstić information content (AvgIpc) is 3.04. The molecule has 1 aliphatic carbocycles. The van der Waals surface area contributed by atoms with Crippen LogP contribution in [0.4, 0.5) is 0 Å². The first-order chi connectivity index (χ1) is 11.1. The molecule has 6 heteroatoms. The normalized spacial score (nSPS) is 24.6. The van der Waals surface area contributed by atoms with Crippen LogP contribution in [0.15, 0.2) is 6.33 Å². The first-order valence-corrected chi connectivity index (χ1v) is 8.99. The fourth-order valence-corrected chi connectivity index (χ4v) is 4.02. The third-order valence-electron chi connectivity index (χ3n) is 5.39. The molecule has 3 rings (SSSR count). The molecule has 0 radical (unpaired) electrons. The second kappa shape index (κ2) is 6.99. The lowest BCUT2D eigenvalue weighted by Crippen LogP contribution is -2.44. The molecule has 1 aromatic heterocycles. The van der Waals surface area contributed by atoms with Gasteiger partial charge in [0.1, 0.15) is 12.2 Å². The molecule has 1 saturated carbocycles. The van der Waals surface area contributed by atoms with E-state index in [4.69, 9.17) is 0 Å². The van der Waals surface area contributed by atoms with Crippen LogP contribution in [0.25, 0.3) is 0 Å². The van der Waals surface area contributed by atoms with Crippen LogP contribution in [0.1, 0.15) is 70.0 Å². The molecular weight excluding hydrogens is 292 g/mol. The number of carbonyl (C=O) groups is 1. The zero-order valence-corrected chi connectivity index (χ0v) is 14.1. The molecule has 1 amide bonds. The van der Waals surface area contributed by atoms with Gasteiger partial charge < -0.3 is 14.6 Å². The van der Waals surface area contributed by atoms with Gasteiger partial charge in [-0.1, -0.05) is 19.3 Å². The van der Waals surface area contributed by atoms with E-state index >= 15 is 0 Å². The molecule has 2 heterocycles. The Bertz CT molecular complexity index is 536. The first kappa shape index (κ1) is 16.4. The van der Waals surface area contributed by atoms with E-state index in [-0.39, 0.29) is 18.2 Å². The van der Waals surface area contributed by atoms with Crippen molar-refractivity contribution in [3.05, 3.63) is 12.2 Å².